The Labute approximate surface area is 235 Å². The van der Waals surface area contributed by atoms with E-state index in [2.05, 4.69) is 16.0 Å². The van der Waals surface area contributed by atoms with Crippen LogP contribution in [0, 0.1) is 11.6 Å². The van der Waals surface area contributed by atoms with Crippen molar-refractivity contribution in [3.05, 3.63) is 81.9 Å². The molecule has 3 aromatic carbocycles. The summed E-state index contributed by atoms with van der Waals surface area (Å²) in [6.07, 6.45) is -3.17. The number of rotatable bonds is 4. The Morgan fingerprint density at radius 3 is 2.55 bits per heavy atom. The summed E-state index contributed by atoms with van der Waals surface area (Å²) in [7, 11) is 0.847. The molecular weight excluding hydrogens is 563 g/mol. The van der Waals surface area contributed by atoms with Crippen molar-refractivity contribution in [3.63, 3.8) is 0 Å². The largest absolute Gasteiger partial charge is 0.471 e. The zero-order chi connectivity index (χ0) is 29.6. The van der Waals surface area contributed by atoms with Crippen LogP contribution in [0.1, 0.15) is 57.4 Å². The Morgan fingerprint density at radius 1 is 1.10 bits per heavy atom. The van der Waals surface area contributed by atoms with Crippen molar-refractivity contribution in [1.82, 2.24) is 5.32 Å². The molecule has 0 radical (unpaired) electrons. The summed E-state index contributed by atoms with van der Waals surface area (Å²) in [5, 5.41) is 8.54. The summed E-state index contributed by atoms with van der Waals surface area (Å²) < 4.78 is 82.2. The van der Waals surface area contributed by atoms with Gasteiger partial charge in [-0.1, -0.05) is 6.07 Å². The maximum absolute atomic E-state index is 14.5. The first-order valence-corrected chi connectivity index (χ1v) is 13.2. The zero-order valence-corrected chi connectivity index (χ0v) is 22.0. The third-order valence-corrected chi connectivity index (χ3v) is 8.33. The standard InChI is InChI=1S/C29H23F5N4O4/c1-41-28(29(32,33)34)11-38(20-7-5-15(31)9-18(20)28)27(40)36-19-10-21-25(35-12-42-21)23-22(19)24(37-26(23)39)17-8-14(30)4-6-16(17)13-2-3-13/h4-10,13,24,35H,2-3,11-12H2,1H3,(H,36,40)(H,37,39). The lowest BCUT2D eigenvalue weighted by Crippen LogP contribution is -2.49. The van der Waals surface area contributed by atoms with Gasteiger partial charge in [0.15, 0.2) is 6.73 Å². The predicted octanol–water partition coefficient (Wildman–Crippen LogP) is 5.89. The van der Waals surface area contributed by atoms with Crippen LogP contribution in [-0.2, 0) is 10.3 Å². The maximum Gasteiger partial charge on any atom is 0.423 e. The van der Waals surface area contributed by atoms with Crippen LogP contribution in [0.3, 0.4) is 0 Å². The molecule has 1 aliphatic carbocycles. The van der Waals surface area contributed by atoms with Gasteiger partial charge < -0.3 is 25.4 Å². The monoisotopic (exact) mass is 586 g/mol. The van der Waals surface area contributed by atoms with Gasteiger partial charge in [-0.2, -0.15) is 13.2 Å². The summed E-state index contributed by atoms with van der Waals surface area (Å²) in [4.78, 5) is 27.9. The fourth-order valence-electron chi connectivity index (χ4n) is 6.21. The highest BCUT2D eigenvalue weighted by atomic mass is 19.4. The fraction of sp³-hybridized carbons (Fsp3) is 0.310. The van der Waals surface area contributed by atoms with Gasteiger partial charge in [-0.3, -0.25) is 9.69 Å². The molecule has 1 fully saturated rings. The molecule has 0 aromatic heterocycles. The minimum Gasteiger partial charge on any atom is -0.471 e. The number of nitrogens with one attached hydrogen (secondary N) is 3. The van der Waals surface area contributed by atoms with Gasteiger partial charge in [0.25, 0.3) is 5.91 Å². The molecule has 2 atom stereocenters. The summed E-state index contributed by atoms with van der Waals surface area (Å²) in [5.74, 6) is -1.46. The van der Waals surface area contributed by atoms with Gasteiger partial charge in [-0.15, -0.1) is 0 Å². The van der Waals surface area contributed by atoms with Crippen molar-refractivity contribution in [1.29, 1.82) is 0 Å². The molecule has 2 unspecified atom stereocenters. The van der Waals surface area contributed by atoms with E-state index >= 15 is 0 Å². The molecular formula is C29H23F5N4O4. The Hall–Kier alpha value is -4.39. The number of carbonyl (C=O) groups is 2. The Morgan fingerprint density at radius 2 is 1.83 bits per heavy atom. The average molecular weight is 587 g/mol. The first-order valence-electron chi connectivity index (χ1n) is 13.2. The van der Waals surface area contributed by atoms with Crippen LogP contribution in [0.15, 0.2) is 42.5 Å². The van der Waals surface area contributed by atoms with Gasteiger partial charge in [0.05, 0.1) is 35.2 Å². The van der Waals surface area contributed by atoms with Crippen LogP contribution in [0.4, 0.5) is 43.8 Å². The number of halogens is 5. The van der Waals surface area contributed by atoms with Crippen LogP contribution >= 0.6 is 0 Å². The third kappa shape index (κ3) is 3.82. The Kier molecular flexibility index (Phi) is 5.71. The summed E-state index contributed by atoms with van der Waals surface area (Å²) in [6.45, 7) is -0.920. The SMILES string of the molecule is COC1(C(F)(F)F)CN(C(=O)Nc2cc3c(c4c2C(c2cc(F)ccc2C2CC2)NC4=O)NCO3)c2ccc(F)cc21. The van der Waals surface area contributed by atoms with Crippen LogP contribution in [0.5, 0.6) is 5.75 Å². The third-order valence-electron chi connectivity index (χ3n) is 8.33. The molecule has 0 spiro atoms. The minimum absolute atomic E-state index is 0.0530. The van der Waals surface area contributed by atoms with E-state index in [9.17, 15) is 31.5 Å². The number of nitrogens with zero attached hydrogens (tertiary/aromatic N) is 1. The Bertz CT molecular complexity index is 1670. The number of anilines is 3. The van der Waals surface area contributed by atoms with Gasteiger partial charge in [-0.05, 0) is 60.2 Å². The van der Waals surface area contributed by atoms with Gasteiger partial charge in [0.1, 0.15) is 17.4 Å². The highest BCUT2D eigenvalue weighted by Gasteiger charge is 2.63. The quantitative estimate of drug-likeness (QED) is 0.332. The molecule has 3 aliphatic heterocycles. The average Bonchev–Trinajstić information content (AvgIpc) is 3.42. The second-order valence-corrected chi connectivity index (χ2v) is 10.7. The topological polar surface area (TPSA) is 91.9 Å². The molecule has 0 saturated heterocycles. The number of benzene rings is 3. The van der Waals surface area contributed by atoms with Crippen LogP contribution in [0.25, 0.3) is 0 Å². The number of alkyl halides is 3. The first-order chi connectivity index (χ1) is 20.0. The van der Waals surface area contributed by atoms with E-state index < -0.39 is 53.5 Å². The van der Waals surface area contributed by atoms with E-state index in [4.69, 9.17) is 9.47 Å². The molecule has 3 amide bonds. The predicted molar refractivity (Wildman–Crippen MR) is 141 cm³/mol. The number of hydrogen-bond donors (Lipinski definition) is 3. The van der Waals surface area contributed by atoms with E-state index in [-0.39, 0.29) is 35.3 Å². The molecule has 7 rings (SSSR count). The summed E-state index contributed by atoms with van der Waals surface area (Å²) in [6, 6.07) is 6.77. The molecule has 3 N–H and O–H groups in total. The first kappa shape index (κ1) is 26.5. The van der Waals surface area contributed by atoms with Gasteiger partial charge >= 0.3 is 12.2 Å². The van der Waals surface area contributed by atoms with Crippen LogP contribution < -0.4 is 25.6 Å². The molecule has 218 valence electrons. The fourth-order valence-corrected chi connectivity index (χ4v) is 6.21. The smallest absolute Gasteiger partial charge is 0.423 e. The van der Waals surface area contributed by atoms with Crippen molar-refractivity contribution in [3.8, 4) is 5.75 Å². The molecule has 8 nitrogen and oxygen atoms in total. The van der Waals surface area contributed by atoms with Crippen LogP contribution in [0.2, 0.25) is 0 Å². The lowest BCUT2D eigenvalue weighted by Gasteiger charge is -2.31. The number of ether oxygens (including phenoxy) is 2. The van der Waals surface area contributed by atoms with E-state index in [1.165, 1.54) is 18.2 Å². The number of amides is 3. The molecule has 4 aliphatic rings. The maximum atomic E-state index is 14.5. The summed E-state index contributed by atoms with van der Waals surface area (Å²) >= 11 is 0. The van der Waals surface area contributed by atoms with Crippen molar-refractivity contribution < 1.29 is 41.0 Å². The van der Waals surface area contributed by atoms with E-state index in [0.29, 0.717) is 22.9 Å². The summed E-state index contributed by atoms with van der Waals surface area (Å²) in [5.41, 5.74) is -1.30. The molecule has 3 aromatic rings. The van der Waals surface area contributed by atoms with E-state index in [0.717, 1.165) is 42.5 Å². The van der Waals surface area contributed by atoms with Crippen molar-refractivity contribution >= 4 is 29.0 Å². The molecule has 42 heavy (non-hydrogen) atoms. The highest BCUT2D eigenvalue weighted by molar-refractivity contribution is 6.11. The zero-order valence-electron chi connectivity index (χ0n) is 22.0. The van der Waals surface area contributed by atoms with Crippen molar-refractivity contribution in [2.24, 2.45) is 0 Å². The van der Waals surface area contributed by atoms with Crippen molar-refractivity contribution in [2.75, 3.05) is 35.9 Å². The minimum atomic E-state index is -4.98. The molecule has 3 heterocycles. The lowest BCUT2D eigenvalue weighted by atomic mass is 9.90. The second kappa shape index (κ2) is 9.05. The Balaban J connectivity index is 1.33. The molecule has 0 bridgehead atoms. The number of fused-ring (bicyclic) bond motifs is 4. The molecule has 1 saturated carbocycles. The molecule has 13 heteroatoms. The van der Waals surface area contributed by atoms with Crippen molar-refractivity contribution in [2.45, 2.75) is 36.6 Å². The van der Waals surface area contributed by atoms with Gasteiger partial charge in [0.2, 0.25) is 5.60 Å². The number of carbonyl (C=O) groups excluding carboxylic acids is 2. The second-order valence-electron chi connectivity index (χ2n) is 10.7. The van der Waals surface area contributed by atoms with E-state index in [1.54, 1.807) is 6.07 Å². The van der Waals surface area contributed by atoms with Crippen LogP contribution in [-0.4, -0.2) is 38.5 Å². The van der Waals surface area contributed by atoms with Gasteiger partial charge in [-0.25, -0.2) is 13.6 Å². The van der Waals surface area contributed by atoms with Gasteiger partial charge in [0, 0.05) is 24.3 Å². The number of hydrogen-bond acceptors (Lipinski definition) is 5. The lowest BCUT2D eigenvalue weighted by molar-refractivity contribution is -0.269. The van der Waals surface area contributed by atoms with E-state index in [1.807, 2.05) is 0 Å². The number of methoxy groups -OCH3 is 1. The normalized spacial score (nSPS) is 22.2. The number of urea groups is 1. The highest BCUT2D eigenvalue weighted by Crippen LogP contribution is 2.53.